The largest absolute Gasteiger partial charge is 0.490 e. The minimum absolute atomic E-state index is 0.234. The predicted molar refractivity (Wildman–Crippen MR) is 62.7 cm³/mol. The van der Waals surface area contributed by atoms with Gasteiger partial charge in [-0.3, -0.25) is 4.79 Å². The maximum absolute atomic E-state index is 11.3. The molecule has 0 heterocycles. The summed E-state index contributed by atoms with van der Waals surface area (Å²) >= 11 is 0. The molecule has 0 atom stereocenters. The van der Waals surface area contributed by atoms with E-state index in [2.05, 4.69) is 0 Å². The van der Waals surface area contributed by atoms with Crippen LogP contribution in [0.25, 0.3) is 0 Å². The molecule has 0 spiro atoms. The monoisotopic (exact) mass is 219 g/mol. The van der Waals surface area contributed by atoms with E-state index < -0.39 is 0 Å². The van der Waals surface area contributed by atoms with E-state index in [9.17, 15) is 4.79 Å². The van der Waals surface area contributed by atoms with Gasteiger partial charge in [0, 0.05) is 11.1 Å². The van der Waals surface area contributed by atoms with Crippen molar-refractivity contribution >= 4 is 5.91 Å². The minimum atomic E-state index is -0.384. The molecule has 16 heavy (non-hydrogen) atoms. The zero-order valence-corrected chi connectivity index (χ0v) is 9.69. The van der Waals surface area contributed by atoms with E-state index in [1.165, 1.54) is 0 Å². The highest BCUT2D eigenvalue weighted by Gasteiger charge is 2.26. The van der Waals surface area contributed by atoms with Crippen LogP contribution in [0.3, 0.4) is 0 Å². The fraction of sp³-hybridized carbons (Fsp3) is 0.462. The first-order valence-electron chi connectivity index (χ1n) is 5.69. The molecule has 3 heteroatoms. The van der Waals surface area contributed by atoms with Crippen LogP contribution in [-0.2, 0) is 0 Å². The van der Waals surface area contributed by atoms with E-state index >= 15 is 0 Å². The van der Waals surface area contributed by atoms with Crippen molar-refractivity contribution in [3.63, 3.8) is 0 Å². The number of ether oxygens (including phenoxy) is 1. The predicted octanol–water partition coefficient (Wildman–Crippen LogP) is 2.45. The lowest BCUT2D eigenvalue weighted by molar-refractivity contribution is 0.0998. The van der Waals surface area contributed by atoms with Crippen LogP contribution < -0.4 is 10.5 Å². The van der Waals surface area contributed by atoms with Crippen LogP contribution in [-0.4, -0.2) is 12.0 Å². The molecule has 0 aliphatic heterocycles. The first kappa shape index (κ1) is 11.0. The van der Waals surface area contributed by atoms with Crippen LogP contribution >= 0.6 is 0 Å². The Balaban J connectivity index is 2.41. The van der Waals surface area contributed by atoms with Gasteiger partial charge in [-0.05, 0) is 30.9 Å². The molecule has 1 aromatic rings. The number of carbonyl (C=O) groups is 1. The van der Waals surface area contributed by atoms with E-state index in [4.69, 9.17) is 10.5 Å². The number of hydrogen-bond acceptors (Lipinski definition) is 2. The van der Waals surface area contributed by atoms with Gasteiger partial charge in [0.1, 0.15) is 5.75 Å². The van der Waals surface area contributed by atoms with Gasteiger partial charge in [0.05, 0.1) is 6.10 Å². The molecule has 0 bridgehead atoms. The molecule has 0 aromatic heterocycles. The number of carbonyl (C=O) groups excluding carboxylic acids is 1. The van der Waals surface area contributed by atoms with Gasteiger partial charge in [0.15, 0.2) is 0 Å². The quantitative estimate of drug-likeness (QED) is 0.845. The number of hydrogen-bond donors (Lipinski definition) is 1. The summed E-state index contributed by atoms with van der Waals surface area (Å²) in [7, 11) is 0. The van der Waals surface area contributed by atoms with Gasteiger partial charge in [-0.1, -0.05) is 19.9 Å². The van der Waals surface area contributed by atoms with Crippen LogP contribution in [0, 0.1) is 0 Å². The SMILES string of the molecule is CC(C)c1c(OC2CC2)cccc1C(N)=O. The first-order chi connectivity index (χ1) is 7.59. The van der Waals surface area contributed by atoms with Crippen molar-refractivity contribution < 1.29 is 9.53 Å². The van der Waals surface area contributed by atoms with Gasteiger partial charge in [-0.15, -0.1) is 0 Å². The minimum Gasteiger partial charge on any atom is -0.490 e. The third-order valence-corrected chi connectivity index (χ3v) is 2.73. The summed E-state index contributed by atoms with van der Waals surface area (Å²) in [6.07, 6.45) is 2.55. The zero-order chi connectivity index (χ0) is 11.7. The Labute approximate surface area is 95.6 Å². The summed E-state index contributed by atoms with van der Waals surface area (Å²) in [5.41, 5.74) is 6.88. The lowest BCUT2D eigenvalue weighted by atomic mass is 9.95. The molecule has 0 saturated heterocycles. The Morgan fingerprint density at radius 1 is 1.44 bits per heavy atom. The summed E-state index contributed by atoms with van der Waals surface area (Å²) < 4.78 is 5.80. The third kappa shape index (κ3) is 2.18. The molecule has 3 nitrogen and oxygen atoms in total. The van der Waals surface area contributed by atoms with E-state index in [-0.39, 0.29) is 11.8 Å². The summed E-state index contributed by atoms with van der Waals surface area (Å²) in [5, 5.41) is 0. The number of nitrogens with two attached hydrogens (primary N) is 1. The smallest absolute Gasteiger partial charge is 0.249 e. The van der Waals surface area contributed by atoms with Crippen molar-refractivity contribution in [2.45, 2.75) is 38.7 Å². The molecule has 0 radical (unpaired) electrons. The molecule has 2 N–H and O–H groups in total. The maximum atomic E-state index is 11.3. The third-order valence-electron chi connectivity index (χ3n) is 2.73. The Morgan fingerprint density at radius 2 is 2.12 bits per heavy atom. The van der Waals surface area contributed by atoms with Crippen molar-refractivity contribution in [1.29, 1.82) is 0 Å². The lowest BCUT2D eigenvalue weighted by Gasteiger charge is -2.16. The van der Waals surface area contributed by atoms with E-state index in [0.29, 0.717) is 11.7 Å². The highest BCUT2D eigenvalue weighted by atomic mass is 16.5. The van der Waals surface area contributed by atoms with Crippen molar-refractivity contribution in [3.05, 3.63) is 29.3 Å². The van der Waals surface area contributed by atoms with Crippen molar-refractivity contribution in [3.8, 4) is 5.75 Å². The molecule has 1 amide bonds. The van der Waals surface area contributed by atoms with E-state index in [0.717, 1.165) is 24.2 Å². The summed E-state index contributed by atoms with van der Waals surface area (Å²) in [6.45, 7) is 4.09. The number of primary amides is 1. The molecule has 2 rings (SSSR count). The molecule has 1 aliphatic rings. The van der Waals surface area contributed by atoms with Crippen LogP contribution in [0.15, 0.2) is 18.2 Å². The molecular formula is C13H17NO2. The van der Waals surface area contributed by atoms with Crippen molar-refractivity contribution in [1.82, 2.24) is 0 Å². The summed E-state index contributed by atoms with van der Waals surface area (Å²) in [5.74, 6) is 0.663. The zero-order valence-electron chi connectivity index (χ0n) is 9.69. The first-order valence-corrected chi connectivity index (χ1v) is 5.69. The topological polar surface area (TPSA) is 52.3 Å². The maximum Gasteiger partial charge on any atom is 0.249 e. The van der Waals surface area contributed by atoms with Crippen LogP contribution in [0.2, 0.25) is 0 Å². The van der Waals surface area contributed by atoms with E-state index in [1.54, 1.807) is 6.07 Å². The summed E-state index contributed by atoms with van der Waals surface area (Å²) in [4.78, 5) is 11.3. The normalized spacial score (nSPS) is 15.2. The molecule has 86 valence electrons. The van der Waals surface area contributed by atoms with Gasteiger partial charge in [-0.2, -0.15) is 0 Å². The van der Waals surface area contributed by atoms with Crippen molar-refractivity contribution in [2.75, 3.05) is 0 Å². The lowest BCUT2D eigenvalue weighted by Crippen LogP contribution is -2.15. The average molecular weight is 219 g/mol. The van der Waals surface area contributed by atoms with Gasteiger partial charge in [-0.25, -0.2) is 0 Å². The van der Waals surface area contributed by atoms with Gasteiger partial charge in [0.25, 0.3) is 0 Å². The number of amides is 1. The molecule has 1 aromatic carbocycles. The average Bonchev–Trinajstić information content (AvgIpc) is 3.00. The Bertz CT molecular complexity index is 408. The standard InChI is InChI=1S/C13H17NO2/c1-8(2)12-10(13(14)15)4-3-5-11(12)16-9-6-7-9/h3-5,8-9H,6-7H2,1-2H3,(H2,14,15). The van der Waals surface area contributed by atoms with Crippen LogP contribution in [0.5, 0.6) is 5.75 Å². The molecule has 1 fully saturated rings. The number of benzene rings is 1. The second kappa shape index (κ2) is 4.16. The highest BCUT2D eigenvalue weighted by molar-refractivity contribution is 5.95. The molecule has 1 saturated carbocycles. The highest BCUT2D eigenvalue weighted by Crippen LogP contribution is 2.34. The van der Waals surface area contributed by atoms with Crippen molar-refractivity contribution in [2.24, 2.45) is 5.73 Å². The molecular weight excluding hydrogens is 202 g/mol. The fourth-order valence-electron chi connectivity index (χ4n) is 1.82. The second-order valence-corrected chi connectivity index (χ2v) is 4.55. The molecule has 1 aliphatic carbocycles. The summed E-state index contributed by atoms with van der Waals surface area (Å²) in [6, 6.07) is 5.50. The van der Waals surface area contributed by atoms with Gasteiger partial charge >= 0.3 is 0 Å². The molecule has 0 unspecified atom stereocenters. The van der Waals surface area contributed by atoms with Crippen LogP contribution in [0.4, 0.5) is 0 Å². The van der Waals surface area contributed by atoms with Crippen LogP contribution in [0.1, 0.15) is 48.5 Å². The number of rotatable bonds is 4. The Kier molecular flexibility index (Phi) is 2.86. The van der Waals surface area contributed by atoms with Gasteiger partial charge < -0.3 is 10.5 Å². The second-order valence-electron chi connectivity index (χ2n) is 4.55. The van der Waals surface area contributed by atoms with E-state index in [1.807, 2.05) is 26.0 Å². The Morgan fingerprint density at radius 3 is 2.62 bits per heavy atom. The fourth-order valence-corrected chi connectivity index (χ4v) is 1.82. The Hall–Kier alpha value is -1.51. The van der Waals surface area contributed by atoms with Gasteiger partial charge in [0.2, 0.25) is 5.91 Å².